The number of carboxylic acid groups (broad SMARTS) is 1. The van der Waals surface area contributed by atoms with Gasteiger partial charge in [0.15, 0.2) is 5.82 Å². The second kappa shape index (κ2) is 5.22. The van der Waals surface area contributed by atoms with E-state index in [0.717, 1.165) is 12.8 Å². The number of hydrogen-bond acceptors (Lipinski definition) is 4. The van der Waals surface area contributed by atoms with Crippen molar-refractivity contribution in [3.05, 3.63) is 17.8 Å². The maximum atomic E-state index is 13.9. The Morgan fingerprint density at radius 2 is 2.28 bits per heavy atom. The van der Waals surface area contributed by atoms with Crippen molar-refractivity contribution in [3.8, 4) is 0 Å². The van der Waals surface area contributed by atoms with Gasteiger partial charge >= 0.3 is 5.97 Å². The number of thioether (sulfide) groups is 1. The Hall–Kier alpha value is -1.17. The SMILES string of the molecule is CCc1ncnc(SCC2(CC(=O)O)CC2)c1F. The fourth-order valence-electron chi connectivity index (χ4n) is 1.83. The molecule has 6 heteroatoms. The number of aliphatic carboxylic acids is 1. The van der Waals surface area contributed by atoms with Gasteiger partial charge in [0.05, 0.1) is 12.1 Å². The first kappa shape index (κ1) is 13.3. The van der Waals surface area contributed by atoms with Crippen molar-refractivity contribution < 1.29 is 14.3 Å². The van der Waals surface area contributed by atoms with Gasteiger partial charge in [-0.05, 0) is 24.7 Å². The Morgan fingerprint density at radius 1 is 1.56 bits per heavy atom. The molecule has 0 bridgehead atoms. The molecule has 0 aromatic carbocycles. The Labute approximate surface area is 109 Å². The summed E-state index contributed by atoms with van der Waals surface area (Å²) in [6, 6.07) is 0. The zero-order valence-electron chi connectivity index (χ0n) is 10.1. The summed E-state index contributed by atoms with van der Waals surface area (Å²) in [5.74, 6) is -0.544. The van der Waals surface area contributed by atoms with Crippen LogP contribution in [0.15, 0.2) is 11.4 Å². The predicted molar refractivity (Wildman–Crippen MR) is 66.0 cm³/mol. The number of rotatable bonds is 6. The van der Waals surface area contributed by atoms with E-state index in [1.807, 2.05) is 6.92 Å². The fourth-order valence-corrected chi connectivity index (χ4v) is 3.03. The highest BCUT2D eigenvalue weighted by Crippen LogP contribution is 2.51. The molecular weight excluding hydrogens is 255 g/mol. The summed E-state index contributed by atoms with van der Waals surface area (Å²) in [5, 5.41) is 9.15. The number of carbonyl (C=O) groups is 1. The molecule has 1 aromatic heterocycles. The van der Waals surface area contributed by atoms with Gasteiger partial charge in [0.2, 0.25) is 0 Å². The zero-order valence-corrected chi connectivity index (χ0v) is 11.0. The van der Waals surface area contributed by atoms with Crippen molar-refractivity contribution in [1.29, 1.82) is 0 Å². The van der Waals surface area contributed by atoms with E-state index in [1.165, 1.54) is 18.1 Å². The molecule has 18 heavy (non-hydrogen) atoms. The Kier molecular flexibility index (Phi) is 3.85. The molecule has 0 unspecified atom stereocenters. The third-order valence-corrected chi connectivity index (χ3v) is 4.48. The third-order valence-electron chi connectivity index (χ3n) is 3.16. The number of nitrogens with zero attached hydrogens (tertiary/aromatic N) is 2. The van der Waals surface area contributed by atoms with Crippen molar-refractivity contribution in [2.45, 2.75) is 37.6 Å². The van der Waals surface area contributed by atoms with Crippen LogP contribution < -0.4 is 0 Å². The standard InChI is InChI=1S/C12H15FN2O2S/c1-2-8-10(13)11(15-7-14-8)18-6-12(3-4-12)5-9(16)17/h7H,2-6H2,1H3,(H,16,17). The van der Waals surface area contributed by atoms with E-state index < -0.39 is 5.97 Å². The molecule has 98 valence electrons. The van der Waals surface area contributed by atoms with E-state index in [2.05, 4.69) is 9.97 Å². The number of aryl methyl sites for hydroxylation is 1. The lowest BCUT2D eigenvalue weighted by Gasteiger charge is -2.11. The molecule has 4 nitrogen and oxygen atoms in total. The molecule has 1 aliphatic rings. The molecule has 0 radical (unpaired) electrons. The molecule has 1 aliphatic carbocycles. The van der Waals surface area contributed by atoms with Crippen LogP contribution in [0.4, 0.5) is 4.39 Å². The van der Waals surface area contributed by atoms with Crippen molar-refractivity contribution in [2.75, 3.05) is 5.75 Å². The van der Waals surface area contributed by atoms with Crippen LogP contribution in [0.2, 0.25) is 0 Å². The third kappa shape index (κ3) is 2.98. The van der Waals surface area contributed by atoms with Gasteiger partial charge in [-0.2, -0.15) is 0 Å². The quantitative estimate of drug-likeness (QED) is 0.635. The summed E-state index contributed by atoms with van der Waals surface area (Å²) in [6.45, 7) is 1.84. The molecule has 0 spiro atoms. The summed E-state index contributed by atoms with van der Waals surface area (Å²) in [6.07, 6.45) is 3.86. The summed E-state index contributed by atoms with van der Waals surface area (Å²) in [5.41, 5.74) is 0.260. The van der Waals surface area contributed by atoms with E-state index >= 15 is 0 Å². The average Bonchev–Trinajstić information content (AvgIpc) is 3.07. The van der Waals surface area contributed by atoms with Gasteiger partial charge in [0.1, 0.15) is 11.4 Å². The molecule has 1 aromatic rings. The monoisotopic (exact) mass is 270 g/mol. The number of aromatic nitrogens is 2. The van der Waals surface area contributed by atoms with Crippen molar-refractivity contribution in [1.82, 2.24) is 9.97 Å². The summed E-state index contributed by atoms with van der Waals surface area (Å²) >= 11 is 1.30. The van der Waals surface area contributed by atoms with E-state index in [1.54, 1.807) is 0 Å². The molecule has 0 amide bonds. The first-order chi connectivity index (χ1) is 8.56. The molecule has 2 rings (SSSR count). The summed E-state index contributed by atoms with van der Waals surface area (Å²) in [4.78, 5) is 18.5. The van der Waals surface area contributed by atoms with E-state index in [-0.39, 0.29) is 17.7 Å². The van der Waals surface area contributed by atoms with Gasteiger partial charge in [0, 0.05) is 5.75 Å². The van der Waals surface area contributed by atoms with Gasteiger partial charge in [-0.1, -0.05) is 6.92 Å². The van der Waals surface area contributed by atoms with E-state index in [0.29, 0.717) is 22.9 Å². The molecular formula is C12H15FN2O2S. The lowest BCUT2D eigenvalue weighted by Crippen LogP contribution is -2.11. The van der Waals surface area contributed by atoms with Crippen LogP contribution in [0.25, 0.3) is 0 Å². The van der Waals surface area contributed by atoms with Gasteiger partial charge in [-0.15, -0.1) is 11.8 Å². The van der Waals surface area contributed by atoms with Crippen molar-refractivity contribution in [2.24, 2.45) is 5.41 Å². The minimum Gasteiger partial charge on any atom is -0.481 e. The Balaban J connectivity index is 2.00. The van der Waals surface area contributed by atoms with Gasteiger partial charge in [-0.25, -0.2) is 14.4 Å². The van der Waals surface area contributed by atoms with Crippen LogP contribution in [0.5, 0.6) is 0 Å². The number of carboxylic acids is 1. The minimum absolute atomic E-state index is 0.153. The summed E-state index contributed by atoms with van der Waals surface area (Å²) in [7, 11) is 0. The maximum Gasteiger partial charge on any atom is 0.303 e. The molecule has 1 saturated carbocycles. The predicted octanol–water partition coefficient (Wildman–Crippen LogP) is 2.53. The zero-order chi connectivity index (χ0) is 13.2. The van der Waals surface area contributed by atoms with Gasteiger partial charge < -0.3 is 5.11 Å². The Bertz CT molecular complexity index is 463. The van der Waals surface area contributed by atoms with Crippen LogP contribution in [0, 0.1) is 11.2 Å². The molecule has 0 saturated heterocycles. The highest BCUT2D eigenvalue weighted by Gasteiger charge is 2.44. The summed E-state index contributed by atoms with van der Waals surface area (Å²) < 4.78 is 13.9. The van der Waals surface area contributed by atoms with Gasteiger partial charge in [-0.3, -0.25) is 4.79 Å². The second-order valence-electron chi connectivity index (χ2n) is 4.65. The maximum absolute atomic E-state index is 13.9. The highest BCUT2D eigenvalue weighted by molar-refractivity contribution is 7.99. The van der Waals surface area contributed by atoms with Crippen LogP contribution in [-0.2, 0) is 11.2 Å². The first-order valence-electron chi connectivity index (χ1n) is 5.90. The van der Waals surface area contributed by atoms with Crippen LogP contribution in [0.1, 0.15) is 31.9 Å². The average molecular weight is 270 g/mol. The lowest BCUT2D eigenvalue weighted by atomic mass is 10.1. The molecule has 0 aliphatic heterocycles. The van der Waals surface area contributed by atoms with Crippen molar-refractivity contribution >= 4 is 17.7 Å². The number of hydrogen-bond donors (Lipinski definition) is 1. The van der Waals surface area contributed by atoms with Crippen molar-refractivity contribution in [3.63, 3.8) is 0 Å². The fraction of sp³-hybridized carbons (Fsp3) is 0.583. The normalized spacial score (nSPS) is 16.6. The topological polar surface area (TPSA) is 63.1 Å². The van der Waals surface area contributed by atoms with Gasteiger partial charge in [0.25, 0.3) is 0 Å². The molecule has 1 fully saturated rings. The smallest absolute Gasteiger partial charge is 0.303 e. The Morgan fingerprint density at radius 3 is 2.83 bits per heavy atom. The molecule has 0 atom stereocenters. The van der Waals surface area contributed by atoms with Crippen LogP contribution in [-0.4, -0.2) is 26.8 Å². The molecule has 1 heterocycles. The lowest BCUT2D eigenvalue weighted by molar-refractivity contribution is -0.138. The van der Waals surface area contributed by atoms with E-state index in [4.69, 9.17) is 5.11 Å². The first-order valence-corrected chi connectivity index (χ1v) is 6.89. The highest BCUT2D eigenvalue weighted by atomic mass is 32.2. The van der Waals surface area contributed by atoms with E-state index in [9.17, 15) is 9.18 Å². The largest absolute Gasteiger partial charge is 0.481 e. The minimum atomic E-state index is -0.787. The van der Waals surface area contributed by atoms with Crippen LogP contribution >= 0.6 is 11.8 Å². The molecule has 1 N–H and O–H groups in total. The van der Waals surface area contributed by atoms with Crippen LogP contribution in [0.3, 0.4) is 0 Å². The second-order valence-corrected chi connectivity index (χ2v) is 5.62. The number of halogens is 1.